The zero-order chi connectivity index (χ0) is 27.6. The lowest BCUT2D eigenvalue weighted by Crippen LogP contribution is -2.31. The van der Waals surface area contributed by atoms with Crippen LogP contribution < -0.4 is 9.64 Å². The van der Waals surface area contributed by atoms with Gasteiger partial charge in [-0.1, -0.05) is 83.8 Å². The second-order valence-electron chi connectivity index (χ2n) is 8.94. The van der Waals surface area contributed by atoms with Crippen LogP contribution in [0.25, 0.3) is 11.0 Å². The number of nitrogens with zero attached hydrogens (tertiary/aromatic N) is 3. The molecule has 1 N–H and O–H groups in total. The van der Waals surface area contributed by atoms with Gasteiger partial charge in [0.1, 0.15) is 11.3 Å². The molecule has 0 saturated carbocycles. The molecule has 1 unspecified atom stereocenters. The van der Waals surface area contributed by atoms with E-state index in [-0.39, 0.29) is 16.5 Å². The van der Waals surface area contributed by atoms with Crippen molar-refractivity contribution in [3.63, 3.8) is 0 Å². The van der Waals surface area contributed by atoms with Gasteiger partial charge in [-0.05, 0) is 42.3 Å². The summed E-state index contributed by atoms with van der Waals surface area (Å²) in [4.78, 5) is 28.6. The Balaban J connectivity index is 1.37. The predicted molar refractivity (Wildman–Crippen MR) is 154 cm³/mol. The number of aliphatic hydroxyl groups is 1. The van der Waals surface area contributed by atoms with Gasteiger partial charge in [-0.15, -0.1) is 10.2 Å². The van der Waals surface area contributed by atoms with Crippen LogP contribution in [0, 0.1) is 0 Å². The summed E-state index contributed by atoms with van der Waals surface area (Å²) in [6.07, 6.45) is 0. The Bertz CT molecular complexity index is 1690. The van der Waals surface area contributed by atoms with E-state index in [1.165, 1.54) is 28.0 Å². The first-order valence-electron chi connectivity index (χ1n) is 12.6. The summed E-state index contributed by atoms with van der Waals surface area (Å²) in [5, 5.41) is 20.6. The molecule has 1 aliphatic rings. The second-order valence-corrected chi connectivity index (χ2v) is 11.1. The summed E-state index contributed by atoms with van der Waals surface area (Å²) in [7, 11) is 0. The minimum absolute atomic E-state index is 0.0321. The number of para-hydroxylation sites is 1. The molecule has 0 radical (unpaired) electrons. The van der Waals surface area contributed by atoms with Gasteiger partial charge in [0.2, 0.25) is 10.9 Å². The summed E-state index contributed by atoms with van der Waals surface area (Å²) >= 11 is 2.73. The molecule has 5 aromatic rings. The Hall–Kier alpha value is -4.41. The molecular weight excluding hydrogens is 546 g/mol. The summed E-state index contributed by atoms with van der Waals surface area (Å²) in [6.45, 7) is 2.39. The molecule has 0 spiro atoms. The molecule has 1 atom stereocenters. The molecule has 0 fully saturated rings. The molecule has 0 bridgehead atoms. The van der Waals surface area contributed by atoms with Gasteiger partial charge in [0.15, 0.2) is 15.9 Å². The van der Waals surface area contributed by atoms with Crippen LogP contribution in [0.1, 0.15) is 34.6 Å². The van der Waals surface area contributed by atoms with E-state index in [0.717, 1.165) is 10.9 Å². The van der Waals surface area contributed by atoms with Crippen molar-refractivity contribution < 1.29 is 23.8 Å². The highest BCUT2D eigenvalue weighted by Crippen LogP contribution is 2.44. The number of hydrogen-bond acceptors (Lipinski definition) is 9. The quantitative estimate of drug-likeness (QED) is 0.118. The van der Waals surface area contributed by atoms with E-state index in [9.17, 15) is 14.7 Å². The summed E-state index contributed by atoms with van der Waals surface area (Å²) in [5.41, 5.74) is 2.19. The number of ketones is 1. The lowest BCUT2D eigenvalue weighted by Gasteiger charge is -2.24. The number of thioether (sulfide) groups is 1. The minimum atomic E-state index is -0.941. The van der Waals surface area contributed by atoms with Gasteiger partial charge in [0.25, 0.3) is 5.91 Å². The summed E-state index contributed by atoms with van der Waals surface area (Å²) in [5.74, 6) is -0.579. The van der Waals surface area contributed by atoms with E-state index in [1.54, 1.807) is 36.4 Å². The van der Waals surface area contributed by atoms with Crippen molar-refractivity contribution in [2.24, 2.45) is 0 Å². The zero-order valence-electron chi connectivity index (χ0n) is 21.3. The average molecular weight is 570 g/mol. The molecule has 200 valence electrons. The Morgan fingerprint density at radius 3 is 2.55 bits per heavy atom. The number of carbonyl (C=O) groups excluding carboxylic acids is 2. The molecule has 0 saturated heterocycles. The molecule has 6 rings (SSSR count). The van der Waals surface area contributed by atoms with Crippen molar-refractivity contribution in [2.75, 3.05) is 11.5 Å². The number of furan rings is 1. The molecule has 40 heavy (non-hydrogen) atoms. The van der Waals surface area contributed by atoms with Crippen molar-refractivity contribution in [1.82, 2.24) is 10.2 Å². The number of aromatic nitrogens is 2. The first-order valence-corrected chi connectivity index (χ1v) is 14.4. The third kappa shape index (κ3) is 4.87. The van der Waals surface area contributed by atoms with E-state index in [0.29, 0.717) is 33.6 Å². The van der Waals surface area contributed by atoms with Crippen molar-refractivity contribution in [2.45, 2.75) is 23.1 Å². The fourth-order valence-electron chi connectivity index (χ4n) is 4.57. The highest BCUT2D eigenvalue weighted by Gasteiger charge is 2.46. The van der Waals surface area contributed by atoms with Crippen molar-refractivity contribution in [3.05, 3.63) is 113 Å². The molecule has 8 nitrogen and oxygen atoms in total. The maximum absolute atomic E-state index is 13.8. The Kier molecular flexibility index (Phi) is 7.10. The third-order valence-electron chi connectivity index (χ3n) is 6.42. The standard InChI is InChI=1S/C30H23N3O5S2/c1-2-37-21-14-12-19(13-15-21)25-24(26(34)23-16-20-10-6-7-11-22(20)38-23)27(35)28(36)33(25)29-31-32-30(40-29)39-17-18-8-4-3-5-9-18/h3-16,25,35H,2,17H2,1H3. The summed E-state index contributed by atoms with van der Waals surface area (Å²) in [6, 6.07) is 24.9. The number of rotatable bonds is 9. The number of anilines is 1. The lowest BCUT2D eigenvalue weighted by molar-refractivity contribution is -0.117. The SMILES string of the molecule is CCOc1ccc(C2C(C(=O)c3cc4ccccc4o3)=C(O)C(=O)N2c2nnc(SCc3ccccc3)s2)cc1. The van der Waals surface area contributed by atoms with Gasteiger partial charge < -0.3 is 14.3 Å². The van der Waals surface area contributed by atoms with Crippen LogP contribution in [0.3, 0.4) is 0 Å². The van der Waals surface area contributed by atoms with Gasteiger partial charge in [0, 0.05) is 11.1 Å². The zero-order valence-corrected chi connectivity index (χ0v) is 22.9. The highest BCUT2D eigenvalue weighted by atomic mass is 32.2. The van der Waals surface area contributed by atoms with Crippen LogP contribution in [-0.4, -0.2) is 33.6 Å². The smallest absolute Gasteiger partial charge is 0.296 e. The number of benzene rings is 3. The van der Waals surface area contributed by atoms with E-state index in [2.05, 4.69) is 10.2 Å². The van der Waals surface area contributed by atoms with Crippen LogP contribution >= 0.6 is 23.1 Å². The van der Waals surface area contributed by atoms with Gasteiger partial charge in [-0.25, -0.2) is 0 Å². The van der Waals surface area contributed by atoms with Gasteiger partial charge in [-0.3, -0.25) is 14.5 Å². The van der Waals surface area contributed by atoms with Crippen LogP contribution in [0.5, 0.6) is 5.75 Å². The second kappa shape index (κ2) is 11.0. The molecular formula is C30H23N3O5S2. The van der Waals surface area contributed by atoms with Gasteiger partial charge in [0.05, 0.1) is 18.2 Å². The Morgan fingerprint density at radius 2 is 1.80 bits per heavy atom. The number of fused-ring (bicyclic) bond motifs is 1. The highest BCUT2D eigenvalue weighted by molar-refractivity contribution is 8.00. The van der Waals surface area contributed by atoms with Crippen LogP contribution in [0.15, 0.2) is 105 Å². The number of aliphatic hydroxyl groups excluding tert-OH is 1. The molecule has 3 aromatic carbocycles. The van der Waals surface area contributed by atoms with E-state index < -0.39 is 23.5 Å². The van der Waals surface area contributed by atoms with E-state index in [1.807, 2.05) is 55.5 Å². The fourth-order valence-corrected chi connectivity index (χ4v) is 6.39. The largest absolute Gasteiger partial charge is 0.503 e. The van der Waals surface area contributed by atoms with E-state index in [4.69, 9.17) is 9.15 Å². The first kappa shape index (κ1) is 25.8. The number of carbonyl (C=O) groups is 2. The van der Waals surface area contributed by atoms with Crippen molar-refractivity contribution in [3.8, 4) is 5.75 Å². The predicted octanol–water partition coefficient (Wildman–Crippen LogP) is 6.76. The summed E-state index contributed by atoms with van der Waals surface area (Å²) < 4.78 is 12.0. The minimum Gasteiger partial charge on any atom is -0.503 e. The van der Waals surface area contributed by atoms with Crippen LogP contribution in [0.4, 0.5) is 5.13 Å². The molecule has 1 aliphatic heterocycles. The molecule has 3 heterocycles. The number of amides is 1. The first-order chi connectivity index (χ1) is 19.5. The lowest BCUT2D eigenvalue weighted by atomic mass is 9.95. The topological polar surface area (TPSA) is 106 Å². The Labute approximate surface area is 237 Å². The third-order valence-corrected chi connectivity index (χ3v) is 8.54. The molecule has 10 heteroatoms. The fraction of sp³-hybridized carbons (Fsp3) is 0.133. The Morgan fingerprint density at radius 1 is 1.05 bits per heavy atom. The number of ether oxygens (including phenoxy) is 1. The van der Waals surface area contributed by atoms with Gasteiger partial charge in [-0.2, -0.15) is 0 Å². The van der Waals surface area contributed by atoms with E-state index >= 15 is 0 Å². The maximum Gasteiger partial charge on any atom is 0.296 e. The number of hydrogen-bond donors (Lipinski definition) is 1. The maximum atomic E-state index is 13.8. The van der Waals surface area contributed by atoms with Crippen molar-refractivity contribution >= 4 is 50.9 Å². The van der Waals surface area contributed by atoms with Crippen molar-refractivity contribution in [1.29, 1.82) is 0 Å². The molecule has 2 aromatic heterocycles. The number of Topliss-reactive ketones (excluding diaryl/α,β-unsaturated/α-hetero) is 1. The monoisotopic (exact) mass is 569 g/mol. The van der Waals surface area contributed by atoms with Crippen LogP contribution in [0.2, 0.25) is 0 Å². The van der Waals surface area contributed by atoms with Crippen LogP contribution in [-0.2, 0) is 10.5 Å². The molecule has 0 aliphatic carbocycles. The van der Waals surface area contributed by atoms with Gasteiger partial charge >= 0.3 is 0 Å². The normalized spacial score (nSPS) is 15.3. The average Bonchev–Trinajstić information content (AvgIpc) is 3.69. The molecule has 1 amide bonds.